The van der Waals surface area contributed by atoms with Gasteiger partial charge in [-0.05, 0) is 48.4 Å². The molecular formula is C20H22Cl2N2O2. The van der Waals surface area contributed by atoms with Crippen molar-refractivity contribution in [1.82, 2.24) is 4.90 Å². The molecule has 4 nitrogen and oxygen atoms in total. The highest BCUT2D eigenvalue weighted by atomic mass is 35.5. The Hall–Kier alpha value is -1.91. The van der Waals surface area contributed by atoms with Gasteiger partial charge in [-0.3, -0.25) is 4.79 Å². The molecule has 1 fully saturated rings. The topological polar surface area (TPSA) is 32.8 Å². The molecule has 138 valence electrons. The Balaban J connectivity index is 1.60. The van der Waals surface area contributed by atoms with Gasteiger partial charge in [0.05, 0.1) is 23.6 Å². The Labute approximate surface area is 164 Å². The van der Waals surface area contributed by atoms with Crippen molar-refractivity contribution in [3.63, 3.8) is 0 Å². The van der Waals surface area contributed by atoms with Crippen LogP contribution in [0.1, 0.15) is 12.0 Å². The number of ether oxygens (including phenoxy) is 1. The maximum atomic E-state index is 12.7. The van der Waals surface area contributed by atoms with Gasteiger partial charge in [-0.15, -0.1) is 0 Å². The number of halogens is 2. The van der Waals surface area contributed by atoms with Gasteiger partial charge in [-0.25, -0.2) is 0 Å². The first-order valence-corrected chi connectivity index (χ1v) is 9.43. The van der Waals surface area contributed by atoms with Crippen molar-refractivity contribution in [3.05, 3.63) is 58.1 Å². The summed E-state index contributed by atoms with van der Waals surface area (Å²) in [6.45, 7) is 3.24. The molecule has 0 bridgehead atoms. The Bertz CT molecular complexity index is 765. The molecule has 0 aromatic heterocycles. The van der Waals surface area contributed by atoms with E-state index in [1.54, 1.807) is 19.2 Å². The van der Waals surface area contributed by atoms with E-state index in [0.29, 0.717) is 23.0 Å². The van der Waals surface area contributed by atoms with E-state index in [9.17, 15) is 4.79 Å². The van der Waals surface area contributed by atoms with Gasteiger partial charge in [0, 0.05) is 31.9 Å². The minimum absolute atomic E-state index is 0.125. The predicted octanol–water partition coefficient (Wildman–Crippen LogP) is 4.28. The van der Waals surface area contributed by atoms with Gasteiger partial charge in [-0.1, -0.05) is 29.3 Å². The average Bonchev–Trinajstić information content (AvgIpc) is 2.91. The minimum atomic E-state index is 0.125. The highest BCUT2D eigenvalue weighted by molar-refractivity contribution is 6.42. The zero-order valence-electron chi connectivity index (χ0n) is 14.8. The third-order valence-corrected chi connectivity index (χ3v) is 5.36. The van der Waals surface area contributed by atoms with Crippen molar-refractivity contribution in [1.29, 1.82) is 0 Å². The Morgan fingerprint density at radius 2 is 1.77 bits per heavy atom. The fourth-order valence-corrected chi connectivity index (χ4v) is 3.47. The molecule has 0 saturated carbocycles. The summed E-state index contributed by atoms with van der Waals surface area (Å²) in [5.74, 6) is 0.974. The van der Waals surface area contributed by atoms with Crippen LogP contribution in [0.25, 0.3) is 0 Å². The van der Waals surface area contributed by atoms with Gasteiger partial charge in [0.1, 0.15) is 5.75 Å². The first kappa shape index (κ1) is 18.9. The van der Waals surface area contributed by atoms with Crippen LogP contribution in [-0.4, -0.2) is 44.1 Å². The molecule has 3 rings (SSSR count). The lowest BCUT2D eigenvalue weighted by atomic mass is 10.1. The fraction of sp³-hybridized carbons (Fsp3) is 0.350. The van der Waals surface area contributed by atoms with Crippen LogP contribution in [-0.2, 0) is 11.2 Å². The van der Waals surface area contributed by atoms with E-state index >= 15 is 0 Å². The van der Waals surface area contributed by atoms with Crippen LogP contribution in [0.15, 0.2) is 42.5 Å². The molecule has 1 saturated heterocycles. The molecule has 0 radical (unpaired) electrons. The average molecular weight is 393 g/mol. The van der Waals surface area contributed by atoms with Crippen LogP contribution in [0.3, 0.4) is 0 Å². The molecule has 0 atom stereocenters. The number of rotatable bonds is 4. The quantitative estimate of drug-likeness (QED) is 0.777. The maximum Gasteiger partial charge on any atom is 0.227 e. The van der Waals surface area contributed by atoms with Crippen molar-refractivity contribution in [2.45, 2.75) is 12.8 Å². The molecular weight excluding hydrogens is 371 g/mol. The van der Waals surface area contributed by atoms with Crippen molar-refractivity contribution >= 4 is 34.8 Å². The second-order valence-electron chi connectivity index (χ2n) is 6.34. The normalized spacial score (nSPS) is 14.9. The van der Waals surface area contributed by atoms with E-state index in [1.807, 2.05) is 23.1 Å². The lowest BCUT2D eigenvalue weighted by Gasteiger charge is -2.24. The smallest absolute Gasteiger partial charge is 0.227 e. The molecule has 1 heterocycles. The lowest BCUT2D eigenvalue weighted by molar-refractivity contribution is -0.130. The Morgan fingerprint density at radius 3 is 2.46 bits per heavy atom. The van der Waals surface area contributed by atoms with Crippen LogP contribution in [0.5, 0.6) is 5.75 Å². The van der Waals surface area contributed by atoms with Gasteiger partial charge >= 0.3 is 0 Å². The van der Waals surface area contributed by atoms with Crippen LogP contribution in [0, 0.1) is 0 Å². The number of carbonyl (C=O) groups is 1. The van der Waals surface area contributed by atoms with E-state index in [2.05, 4.69) is 17.0 Å². The number of methoxy groups -OCH3 is 1. The zero-order valence-corrected chi connectivity index (χ0v) is 16.3. The number of nitrogens with zero attached hydrogens (tertiary/aromatic N) is 2. The van der Waals surface area contributed by atoms with Crippen molar-refractivity contribution in [3.8, 4) is 5.75 Å². The summed E-state index contributed by atoms with van der Waals surface area (Å²) >= 11 is 12.0. The molecule has 1 amide bonds. The molecule has 2 aromatic rings. The first-order valence-electron chi connectivity index (χ1n) is 8.67. The van der Waals surface area contributed by atoms with E-state index < -0.39 is 0 Å². The van der Waals surface area contributed by atoms with Crippen LogP contribution in [0.4, 0.5) is 5.69 Å². The largest absolute Gasteiger partial charge is 0.497 e. The van der Waals surface area contributed by atoms with Crippen LogP contribution < -0.4 is 9.64 Å². The summed E-state index contributed by atoms with van der Waals surface area (Å²) in [5, 5.41) is 0.992. The van der Waals surface area contributed by atoms with Crippen molar-refractivity contribution in [2.75, 3.05) is 38.2 Å². The SMILES string of the molecule is COc1ccc(N2CCCN(C(=O)Cc3ccc(Cl)c(Cl)c3)CC2)cc1. The van der Waals surface area contributed by atoms with E-state index in [-0.39, 0.29) is 5.91 Å². The van der Waals surface area contributed by atoms with E-state index in [1.165, 1.54) is 0 Å². The molecule has 0 aliphatic carbocycles. The van der Waals surface area contributed by atoms with Gasteiger partial charge in [0.2, 0.25) is 5.91 Å². The summed E-state index contributed by atoms with van der Waals surface area (Å²) in [6, 6.07) is 13.4. The zero-order chi connectivity index (χ0) is 18.5. The number of amides is 1. The molecule has 0 N–H and O–H groups in total. The molecule has 0 unspecified atom stereocenters. The predicted molar refractivity (Wildman–Crippen MR) is 107 cm³/mol. The number of hydrogen-bond donors (Lipinski definition) is 0. The summed E-state index contributed by atoms with van der Waals surface area (Å²) in [7, 11) is 1.66. The van der Waals surface area contributed by atoms with Gasteiger partial charge in [-0.2, -0.15) is 0 Å². The van der Waals surface area contributed by atoms with Crippen LogP contribution in [0.2, 0.25) is 10.0 Å². The summed E-state index contributed by atoms with van der Waals surface area (Å²) in [5.41, 5.74) is 2.05. The van der Waals surface area contributed by atoms with Crippen molar-refractivity contribution < 1.29 is 9.53 Å². The number of benzene rings is 2. The third-order valence-electron chi connectivity index (χ3n) is 4.63. The van der Waals surface area contributed by atoms with Crippen LogP contribution >= 0.6 is 23.2 Å². The number of hydrogen-bond acceptors (Lipinski definition) is 3. The minimum Gasteiger partial charge on any atom is -0.497 e. The monoisotopic (exact) mass is 392 g/mol. The second-order valence-corrected chi connectivity index (χ2v) is 7.16. The number of anilines is 1. The van der Waals surface area contributed by atoms with Gasteiger partial charge in [0.25, 0.3) is 0 Å². The van der Waals surface area contributed by atoms with Gasteiger partial charge in [0.15, 0.2) is 0 Å². The Kier molecular flexibility index (Phi) is 6.28. The van der Waals surface area contributed by atoms with Crippen molar-refractivity contribution in [2.24, 2.45) is 0 Å². The first-order chi connectivity index (χ1) is 12.6. The van der Waals surface area contributed by atoms with E-state index in [4.69, 9.17) is 27.9 Å². The second kappa shape index (κ2) is 8.65. The summed E-state index contributed by atoms with van der Waals surface area (Å²) < 4.78 is 5.21. The third kappa shape index (κ3) is 4.63. The highest BCUT2D eigenvalue weighted by Gasteiger charge is 2.19. The Morgan fingerprint density at radius 1 is 1.00 bits per heavy atom. The maximum absolute atomic E-state index is 12.7. The number of carbonyl (C=O) groups excluding carboxylic acids is 1. The molecule has 26 heavy (non-hydrogen) atoms. The lowest BCUT2D eigenvalue weighted by Crippen LogP contribution is -2.36. The fourth-order valence-electron chi connectivity index (χ4n) is 3.15. The molecule has 1 aliphatic rings. The standard InChI is InChI=1S/C20H22Cl2N2O2/c1-26-17-6-4-16(5-7-17)23-9-2-10-24(12-11-23)20(25)14-15-3-8-18(21)19(22)13-15/h3-8,13H,2,9-12,14H2,1H3. The summed E-state index contributed by atoms with van der Waals surface area (Å²) in [6.07, 6.45) is 1.29. The molecule has 2 aromatic carbocycles. The summed E-state index contributed by atoms with van der Waals surface area (Å²) in [4.78, 5) is 16.9. The molecule has 1 aliphatic heterocycles. The van der Waals surface area contributed by atoms with Gasteiger partial charge < -0.3 is 14.5 Å². The molecule has 0 spiro atoms. The molecule has 6 heteroatoms. The van der Waals surface area contributed by atoms with E-state index in [0.717, 1.165) is 43.1 Å². The highest BCUT2D eigenvalue weighted by Crippen LogP contribution is 2.24.